The molecule has 8 heteroatoms. The molecule has 0 spiro atoms. The van der Waals surface area contributed by atoms with E-state index in [9.17, 15) is 14.3 Å². The second kappa shape index (κ2) is 7.90. The van der Waals surface area contributed by atoms with Crippen LogP contribution in [0.4, 0.5) is 10.1 Å². The number of aliphatic hydroxyl groups is 1. The number of imidazole rings is 1. The summed E-state index contributed by atoms with van der Waals surface area (Å²) in [7, 11) is 1.78. The minimum atomic E-state index is -0.975. The van der Waals surface area contributed by atoms with Gasteiger partial charge in [0.1, 0.15) is 17.4 Å². The number of fused-ring (bicyclic) bond motifs is 4. The number of halogens is 1. The highest BCUT2D eigenvalue weighted by atomic mass is 19.1. The lowest BCUT2D eigenvalue weighted by Gasteiger charge is -2.28. The lowest BCUT2D eigenvalue weighted by molar-refractivity contribution is 0.0999. The van der Waals surface area contributed by atoms with Crippen LogP contribution >= 0.6 is 0 Å². The first-order chi connectivity index (χ1) is 18.3. The topological polar surface area (TPSA) is 100 Å². The van der Waals surface area contributed by atoms with E-state index in [2.05, 4.69) is 15.6 Å². The molecule has 4 aromatic carbocycles. The lowest BCUT2D eigenvalue weighted by Crippen LogP contribution is -2.35. The van der Waals surface area contributed by atoms with E-state index in [1.54, 1.807) is 24.1 Å². The van der Waals surface area contributed by atoms with Gasteiger partial charge in [-0.3, -0.25) is 4.79 Å². The number of H-pyrrole nitrogens is 1. The number of rotatable bonds is 5. The van der Waals surface area contributed by atoms with Crippen molar-refractivity contribution in [1.29, 1.82) is 0 Å². The number of benzene rings is 4. The maximum atomic E-state index is 13.8. The molecule has 1 amide bonds. The summed E-state index contributed by atoms with van der Waals surface area (Å²) in [6.45, 7) is 0. The van der Waals surface area contributed by atoms with E-state index in [0.717, 1.165) is 33.1 Å². The summed E-state index contributed by atoms with van der Waals surface area (Å²) >= 11 is 0. The van der Waals surface area contributed by atoms with Gasteiger partial charge in [0.05, 0.1) is 33.3 Å². The van der Waals surface area contributed by atoms with Crippen LogP contribution in [-0.2, 0) is 0 Å². The predicted molar refractivity (Wildman–Crippen MR) is 147 cm³/mol. The van der Waals surface area contributed by atoms with Gasteiger partial charge >= 0.3 is 0 Å². The number of aromatic nitrogens is 3. The standard InChI is InChI=1S/C30H24FN5O2/c1-35(30(38)13-14-30)26-16-18(10-11-20(26)28(32)37)36-24-7-3-2-5-19(24)27-21(6-4-8-25(27)36)29-33-22-12-9-17(31)15-23(22)34-29/h2-12,15-16,38H,13-14H2,1H3,(H2,32,37)(H,33,34). The number of nitrogens with one attached hydrogen (secondary N) is 1. The summed E-state index contributed by atoms with van der Waals surface area (Å²) in [5.41, 5.74) is 10.6. The summed E-state index contributed by atoms with van der Waals surface area (Å²) in [5, 5.41) is 12.8. The zero-order valence-electron chi connectivity index (χ0n) is 20.6. The molecule has 188 valence electrons. The Hall–Kier alpha value is -4.69. The maximum absolute atomic E-state index is 13.8. The van der Waals surface area contributed by atoms with Crippen molar-refractivity contribution in [2.75, 3.05) is 11.9 Å². The third kappa shape index (κ3) is 3.30. The summed E-state index contributed by atoms with van der Waals surface area (Å²) in [4.78, 5) is 22.0. The summed E-state index contributed by atoms with van der Waals surface area (Å²) in [6.07, 6.45) is 1.26. The van der Waals surface area contributed by atoms with Crippen LogP contribution in [0, 0.1) is 5.82 Å². The molecular formula is C30H24FN5O2. The molecule has 0 atom stereocenters. The van der Waals surface area contributed by atoms with Crippen LogP contribution < -0.4 is 10.6 Å². The molecule has 0 saturated heterocycles. The van der Waals surface area contributed by atoms with Gasteiger partial charge in [-0.05, 0) is 61.4 Å². The number of nitrogens with zero attached hydrogens (tertiary/aromatic N) is 3. The summed E-state index contributed by atoms with van der Waals surface area (Å²) < 4.78 is 16.0. The van der Waals surface area contributed by atoms with Gasteiger partial charge in [0, 0.05) is 29.1 Å². The average Bonchev–Trinajstić information content (AvgIpc) is 3.39. The predicted octanol–water partition coefficient (Wildman–Crippen LogP) is 5.48. The Morgan fingerprint density at radius 2 is 1.84 bits per heavy atom. The third-order valence-corrected chi connectivity index (χ3v) is 7.58. The molecule has 2 heterocycles. The zero-order valence-corrected chi connectivity index (χ0v) is 20.6. The number of carbonyl (C=O) groups excluding carboxylic acids is 1. The molecule has 0 radical (unpaired) electrons. The van der Waals surface area contributed by atoms with E-state index >= 15 is 0 Å². The molecule has 1 aliphatic carbocycles. The molecule has 1 aliphatic rings. The first kappa shape index (κ1) is 22.5. The molecule has 7 nitrogen and oxygen atoms in total. The van der Waals surface area contributed by atoms with Gasteiger partial charge in [0.15, 0.2) is 0 Å². The third-order valence-electron chi connectivity index (χ3n) is 7.58. The van der Waals surface area contributed by atoms with Gasteiger partial charge < -0.3 is 25.3 Å². The van der Waals surface area contributed by atoms with E-state index in [1.165, 1.54) is 12.1 Å². The molecular weight excluding hydrogens is 481 g/mol. The van der Waals surface area contributed by atoms with Gasteiger partial charge in [0.25, 0.3) is 5.91 Å². The van der Waals surface area contributed by atoms with Crippen LogP contribution in [0.25, 0.3) is 49.9 Å². The summed E-state index contributed by atoms with van der Waals surface area (Å²) in [5.74, 6) is -0.216. The van der Waals surface area contributed by atoms with Crippen molar-refractivity contribution in [1.82, 2.24) is 14.5 Å². The van der Waals surface area contributed by atoms with Gasteiger partial charge in [0.2, 0.25) is 0 Å². The second-order valence-electron chi connectivity index (χ2n) is 9.91. The average molecular weight is 506 g/mol. The van der Waals surface area contributed by atoms with Crippen molar-refractivity contribution >= 4 is 44.4 Å². The van der Waals surface area contributed by atoms with Crippen molar-refractivity contribution in [3.63, 3.8) is 0 Å². The minimum absolute atomic E-state index is 0.321. The Bertz CT molecular complexity index is 1920. The Kier molecular flexibility index (Phi) is 4.68. The number of amides is 1. The Morgan fingerprint density at radius 1 is 1.05 bits per heavy atom. The van der Waals surface area contributed by atoms with Gasteiger partial charge in [-0.15, -0.1) is 0 Å². The summed E-state index contributed by atoms with van der Waals surface area (Å²) in [6, 6.07) is 24.1. The van der Waals surface area contributed by atoms with Crippen molar-refractivity contribution in [2.45, 2.75) is 18.6 Å². The highest BCUT2D eigenvalue weighted by Crippen LogP contribution is 2.43. The number of para-hydroxylation sites is 1. The van der Waals surface area contributed by atoms with Crippen molar-refractivity contribution in [3.8, 4) is 17.1 Å². The fourth-order valence-corrected chi connectivity index (χ4v) is 5.42. The van der Waals surface area contributed by atoms with E-state index in [0.29, 0.717) is 41.0 Å². The van der Waals surface area contributed by atoms with Crippen molar-refractivity contribution in [2.24, 2.45) is 5.73 Å². The quantitative estimate of drug-likeness (QED) is 0.270. The van der Waals surface area contributed by atoms with Crippen molar-refractivity contribution < 1.29 is 14.3 Å². The maximum Gasteiger partial charge on any atom is 0.250 e. The molecule has 2 aromatic heterocycles. The van der Waals surface area contributed by atoms with Crippen LogP contribution in [0.3, 0.4) is 0 Å². The molecule has 0 bridgehead atoms. The molecule has 0 aliphatic heterocycles. The molecule has 0 unspecified atom stereocenters. The fourth-order valence-electron chi connectivity index (χ4n) is 5.42. The van der Waals surface area contributed by atoms with E-state index in [1.807, 2.05) is 48.5 Å². The van der Waals surface area contributed by atoms with Gasteiger partial charge in [-0.2, -0.15) is 0 Å². The smallest absolute Gasteiger partial charge is 0.250 e. The highest BCUT2D eigenvalue weighted by Gasteiger charge is 2.45. The van der Waals surface area contributed by atoms with Crippen LogP contribution in [0.15, 0.2) is 78.9 Å². The normalized spacial score (nSPS) is 14.4. The number of anilines is 1. The van der Waals surface area contributed by atoms with Crippen LogP contribution in [0.1, 0.15) is 23.2 Å². The first-order valence-electron chi connectivity index (χ1n) is 12.4. The highest BCUT2D eigenvalue weighted by molar-refractivity contribution is 6.15. The van der Waals surface area contributed by atoms with Crippen LogP contribution in [0.2, 0.25) is 0 Å². The second-order valence-corrected chi connectivity index (χ2v) is 9.91. The number of hydrogen-bond donors (Lipinski definition) is 3. The number of carbonyl (C=O) groups is 1. The molecule has 7 rings (SSSR count). The monoisotopic (exact) mass is 505 g/mol. The first-order valence-corrected chi connectivity index (χ1v) is 12.4. The number of hydrogen-bond acceptors (Lipinski definition) is 4. The van der Waals surface area contributed by atoms with Crippen LogP contribution in [0.5, 0.6) is 0 Å². The number of aromatic amines is 1. The van der Waals surface area contributed by atoms with Crippen molar-refractivity contribution in [3.05, 3.63) is 90.2 Å². The van der Waals surface area contributed by atoms with Gasteiger partial charge in [-0.25, -0.2) is 9.37 Å². The largest absolute Gasteiger partial charge is 0.371 e. The zero-order chi connectivity index (χ0) is 26.2. The van der Waals surface area contributed by atoms with E-state index in [4.69, 9.17) is 10.7 Å². The molecule has 6 aromatic rings. The van der Waals surface area contributed by atoms with Gasteiger partial charge in [-0.1, -0.05) is 30.3 Å². The minimum Gasteiger partial charge on any atom is -0.371 e. The number of primary amides is 1. The fraction of sp³-hybridized carbons (Fsp3) is 0.133. The lowest BCUT2D eigenvalue weighted by atomic mass is 10.1. The Balaban J connectivity index is 1.50. The van der Waals surface area contributed by atoms with Crippen LogP contribution in [-0.4, -0.2) is 38.3 Å². The Labute approximate surface area is 216 Å². The SMILES string of the molecule is CN(c1cc(-n2c3ccccc3c3c(-c4nc5ccc(F)cc5[nH]4)cccc32)ccc1C(N)=O)C1(O)CC1. The van der Waals surface area contributed by atoms with E-state index in [-0.39, 0.29) is 5.82 Å². The molecule has 4 N–H and O–H groups in total. The van der Waals surface area contributed by atoms with E-state index < -0.39 is 11.6 Å². The molecule has 38 heavy (non-hydrogen) atoms. The Morgan fingerprint density at radius 3 is 2.63 bits per heavy atom. The molecule has 1 fully saturated rings. The number of nitrogens with two attached hydrogens (primary N) is 1. The molecule has 1 saturated carbocycles.